The van der Waals surface area contributed by atoms with Gasteiger partial charge in [-0.1, -0.05) is 19.3 Å². The van der Waals surface area contributed by atoms with E-state index in [0.29, 0.717) is 12.3 Å². The maximum Gasteiger partial charge on any atom is 0.247 e. The molecule has 0 aromatic heterocycles. The fraction of sp³-hybridized carbons (Fsp3) is 0.857. The number of nitrogens with zero attached hydrogens (tertiary/aromatic N) is 1. The van der Waals surface area contributed by atoms with Crippen molar-refractivity contribution in [2.24, 2.45) is 0 Å². The lowest BCUT2D eigenvalue weighted by molar-refractivity contribution is -0.142. The van der Waals surface area contributed by atoms with E-state index in [-0.39, 0.29) is 30.3 Å². The molecule has 2 rings (SSSR count). The van der Waals surface area contributed by atoms with E-state index in [1.165, 1.54) is 11.3 Å². The molecule has 0 aromatic carbocycles. The summed E-state index contributed by atoms with van der Waals surface area (Å²) in [6.45, 7) is 0.641. The molecular weight excluding hydrogens is 276 g/mol. The molecule has 5 nitrogen and oxygen atoms in total. The smallest absolute Gasteiger partial charge is 0.247 e. The fourth-order valence-corrected chi connectivity index (χ4v) is 3.64. The molecule has 1 saturated carbocycles. The Morgan fingerprint density at radius 1 is 1.25 bits per heavy atom. The monoisotopic (exact) mass is 300 g/mol. The molecule has 1 heterocycles. The number of rotatable bonds is 6. The Morgan fingerprint density at radius 3 is 2.60 bits per heavy atom. The van der Waals surface area contributed by atoms with Crippen molar-refractivity contribution in [3.63, 3.8) is 0 Å². The normalized spacial score (nSPS) is 26.2. The summed E-state index contributed by atoms with van der Waals surface area (Å²) in [7, 11) is -0.797. The number of carbonyl (C=O) groups excluding carboxylic acids is 2. The van der Waals surface area contributed by atoms with Gasteiger partial charge in [0.05, 0.1) is 12.5 Å². The van der Waals surface area contributed by atoms with Crippen LogP contribution >= 0.6 is 0 Å². The molecule has 0 radical (unpaired) electrons. The van der Waals surface area contributed by atoms with Gasteiger partial charge in [-0.05, 0) is 25.8 Å². The zero-order valence-electron chi connectivity index (χ0n) is 12.1. The Bertz CT molecular complexity index is 394. The zero-order valence-corrected chi connectivity index (χ0v) is 12.9. The highest BCUT2D eigenvalue weighted by Gasteiger charge is 2.42. The molecule has 2 amide bonds. The van der Waals surface area contributed by atoms with Crippen LogP contribution in [0.2, 0.25) is 0 Å². The SMILES string of the molecule is CS(=O)CCCNC1CC(=O)N(C2CCCCC2)C1=O. The molecule has 1 saturated heterocycles. The number of hydrogen-bond donors (Lipinski definition) is 1. The molecule has 114 valence electrons. The molecule has 6 heteroatoms. The Morgan fingerprint density at radius 2 is 1.95 bits per heavy atom. The molecular formula is C14H24N2O3S. The minimum Gasteiger partial charge on any atom is -0.305 e. The van der Waals surface area contributed by atoms with Gasteiger partial charge in [-0.25, -0.2) is 0 Å². The summed E-state index contributed by atoms with van der Waals surface area (Å²) in [5, 5.41) is 3.14. The molecule has 0 aromatic rings. The van der Waals surface area contributed by atoms with Crippen LogP contribution in [0.5, 0.6) is 0 Å². The van der Waals surface area contributed by atoms with Crippen molar-refractivity contribution in [1.29, 1.82) is 0 Å². The molecule has 1 aliphatic carbocycles. The summed E-state index contributed by atoms with van der Waals surface area (Å²) in [6, 6.07) is -0.242. The molecule has 2 atom stereocenters. The Labute approximate surface area is 122 Å². The van der Waals surface area contributed by atoms with Crippen molar-refractivity contribution in [3.05, 3.63) is 0 Å². The van der Waals surface area contributed by atoms with Crippen molar-refractivity contribution < 1.29 is 13.8 Å². The van der Waals surface area contributed by atoms with Crippen LogP contribution in [-0.4, -0.2) is 51.6 Å². The quantitative estimate of drug-likeness (QED) is 0.582. The van der Waals surface area contributed by atoms with E-state index in [0.717, 1.165) is 32.1 Å². The minimum atomic E-state index is -0.797. The van der Waals surface area contributed by atoms with Crippen molar-refractivity contribution in [1.82, 2.24) is 10.2 Å². The van der Waals surface area contributed by atoms with Crippen LogP contribution in [0.4, 0.5) is 0 Å². The van der Waals surface area contributed by atoms with Gasteiger partial charge in [0.15, 0.2) is 0 Å². The average molecular weight is 300 g/mol. The maximum atomic E-state index is 12.3. The molecule has 0 bridgehead atoms. The predicted molar refractivity (Wildman–Crippen MR) is 78.7 cm³/mol. The number of hydrogen-bond acceptors (Lipinski definition) is 4. The van der Waals surface area contributed by atoms with Crippen molar-refractivity contribution in [2.75, 3.05) is 18.6 Å². The first kappa shape index (κ1) is 15.6. The van der Waals surface area contributed by atoms with Crippen LogP contribution in [0.25, 0.3) is 0 Å². The third kappa shape index (κ3) is 3.88. The molecule has 2 unspecified atom stereocenters. The topological polar surface area (TPSA) is 66.5 Å². The molecule has 2 fully saturated rings. The number of amides is 2. The first-order valence-corrected chi connectivity index (χ1v) is 9.21. The summed E-state index contributed by atoms with van der Waals surface area (Å²) in [6.07, 6.45) is 8.08. The first-order chi connectivity index (χ1) is 9.59. The van der Waals surface area contributed by atoms with E-state index in [2.05, 4.69) is 5.32 Å². The van der Waals surface area contributed by atoms with Crippen molar-refractivity contribution in [3.8, 4) is 0 Å². The minimum absolute atomic E-state index is 0.0292. The Kier molecular flexibility index (Phi) is 5.72. The molecule has 1 N–H and O–H groups in total. The summed E-state index contributed by atoms with van der Waals surface area (Å²) >= 11 is 0. The van der Waals surface area contributed by atoms with Gasteiger partial charge in [0.2, 0.25) is 11.8 Å². The summed E-state index contributed by atoms with van der Waals surface area (Å²) < 4.78 is 11.0. The molecule has 0 spiro atoms. The third-order valence-corrected chi connectivity index (χ3v) is 4.99. The van der Waals surface area contributed by atoms with Gasteiger partial charge in [0.25, 0.3) is 0 Å². The summed E-state index contributed by atoms with van der Waals surface area (Å²) in [5.41, 5.74) is 0. The van der Waals surface area contributed by atoms with Crippen molar-refractivity contribution in [2.45, 2.75) is 57.0 Å². The first-order valence-electron chi connectivity index (χ1n) is 7.49. The molecule has 1 aliphatic heterocycles. The molecule has 2 aliphatic rings. The lowest BCUT2D eigenvalue weighted by Crippen LogP contribution is -2.45. The van der Waals surface area contributed by atoms with Crippen LogP contribution in [0.15, 0.2) is 0 Å². The summed E-state index contributed by atoms with van der Waals surface area (Å²) in [5.74, 6) is 0.548. The van der Waals surface area contributed by atoms with Gasteiger partial charge in [-0.2, -0.15) is 0 Å². The highest BCUT2D eigenvalue weighted by atomic mass is 32.2. The lowest BCUT2D eigenvalue weighted by atomic mass is 9.94. The number of imide groups is 1. The zero-order chi connectivity index (χ0) is 14.5. The maximum absolute atomic E-state index is 12.3. The Hall–Kier alpha value is -0.750. The highest BCUT2D eigenvalue weighted by molar-refractivity contribution is 7.84. The third-order valence-electron chi connectivity index (χ3n) is 4.12. The van der Waals surface area contributed by atoms with E-state index in [9.17, 15) is 13.8 Å². The van der Waals surface area contributed by atoms with Gasteiger partial charge in [0, 0.05) is 28.9 Å². The number of likely N-dealkylation sites (tertiary alicyclic amines) is 1. The summed E-state index contributed by atoms with van der Waals surface area (Å²) in [4.78, 5) is 25.9. The van der Waals surface area contributed by atoms with Gasteiger partial charge in [-0.3, -0.25) is 18.7 Å². The van der Waals surface area contributed by atoms with Gasteiger partial charge in [-0.15, -0.1) is 0 Å². The van der Waals surface area contributed by atoms with E-state index in [1.54, 1.807) is 6.26 Å². The van der Waals surface area contributed by atoms with Crippen LogP contribution in [0, 0.1) is 0 Å². The molecule has 20 heavy (non-hydrogen) atoms. The van der Waals surface area contributed by atoms with Crippen LogP contribution in [-0.2, 0) is 20.4 Å². The lowest BCUT2D eigenvalue weighted by Gasteiger charge is -2.29. The standard InChI is InChI=1S/C14H24N2O3S/c1-20(19)9-5-8-15-12-10-13(17)16(14(12)18)11-6-3-2-4-7-11/h11-12,15H,2-10H2,1H3. The van der Waals surface area contributed by atoms with Crippen LogP contribution < -0.4 is 5.32 Å². The van der Waals surface area contributed by atoms with E-state index in [1.807, 2.05) is 0 Å². The van der Waals surface area contributed by atoms with E-state index < -0.39 is 10.8 Å². The highest BCUT2D eigenvalue weighted by Crippen LogP contribution is 2.27. The number of carbonyl (C=O) groups is 2. The van der Waals surface area contributed by atoms with E-state index >= 15 is 0 Å². The van der Waals surface area contributed by atoms with Gasteiger partial charge in [0.1, 0.15) is 0 Å². The number of nitrogens with one attached hydrogen (secondary N) is 1. The van der Waals surface area contributed by atoms with Crippen molar-refractivity contribution >= 4 is 22.6 Å². The second-order valence-corrected chi connectivity index (χ2v) is 7.29. The van der Waals surface area contributed by atoms with Gasteiger partial charge < -0.3 is 5.32 Å². The van der Waals surface area contributed by atoms with Gasteiger partial charge >= 0.3 is 0 Å². The van der Waals surface area contributed by atoms with E-state index in [4.69, 9.17) is 0 Å². The van der Waals surface area contributed by atoms with Crippen LogP contribution in [0.3, 0.4) is 0 Å². The predicted octanol–water partition coefficient (Wildman–Crippen LogP) is 0.805. The second-order valence-electron chi connectivity index (χ2n) is 5.74. The van der Waals surface area contributed by atoms with Crippen LogP contribution in [0.1, 0.15) is 44.9 Å². The average Bonchev–Trinajstić information content (AvgIpc) is 2.70. The Balaban J connectivity index is 1.83. The largest absolute Gasteiger partial charge is 0.305 e. The second kappa shape index (κ2) is 7.31. The fourth-order valence-electron chi connectivity index (χ4n) is 3.09.